The first-order valence-corrected chi connectivity index (χ1v) is 6.70. The normalized spacial score (nSPS) is 15.5. The predicted octanol–water partition coefficient (Wildman–Crippen LogP) is 2.25. The Kier molecular flexibility index (Phi) is 7.12. The molecule has 1 fully saturated rings. The fourth-order valence-electron chi connectivity index (χ4n) is 2.02. The molecule has 0 saturated heterocycles. The number of nitrogens with zero attached hydrogens (tertiary/aromatic N) is 2. The van der Waals surface area contributed by atoms with E-state index in [1.807, 2.05) is 25.1 Å². The topological polar surface area (TPSA) is 63.3 Å². The number of aliphatic imine (C=N–C) groups is 1. The summed E-state index contributed by atoms with van der Waals surface area (Å²) in [5.74, 6) is 1.33. The van der Waals surface area contributed by atoms with Crippen molar-refractivity contribution >= 4 is 29.9 Å². The molecule has 4 nitrogen and oxygen atoms in total. The Labute approximate surface area is 132 Å². The number of halogens is 1. The van der Waals surface area contributed by atoms with Gasteiger partial charge in [0.1, 0.15) is 0 Å². The molecule has 1 aliphatic carbocycles. The number of hydrogen-bond acceptors (Lipinski definition) is 2. The molecule has 3 N–H and O–H groups in total. The number of pyridine rings is 1. The number of rotatable bonds is 5. The molecule has 19 heavy (non-hydrogen) atoms. The number of nitrogens with one attached hydrogen (secondary N) is 1. The molecule has 0 bridgehead atoms. The summed E-state index contributed by atoms with van der Waals surface area (Å²) in [4.78, 5) is 8.80. The van der Waals surface area contributed by atoms with Gasteiger partial charge in [-0.15, -0.1) is 24.0 Å². The summed E-state index contributed by atoms with van der Waals surface area (Å²) in [6, 6.07) is 6.08. The average Bonchev–Trinajstić information content (AvgIpc) is 2.27. The molecule has 0 amide bonds. The van der Waals surface area contributed by atoms with Gasteiger partial charge in [-0.25, -0.2) is 0 Å². The summed E-state index contributed by atoms with van der Waals surface area (Å²) < 4.78 is 0. The molecule has 1 saturated carbocycles. The molecule has 0 aromatic carbocycles. The Balaban J connectivity index is 0.00000180. The molecule has 1 aromatic heterocycles. The van der Waals surface area contributed by atoms with Crippen molar-refractivity contribution in [2.75, 3.05) is 13.1 Å². The lowest BCUT2D eigenvalue weighted by molar-refractivity contribution is 0.326. The molecule has 1 aromatic rings. The van der Waals surface area contributed by atoms with Gasteiger partial charge < -0.3 is 11.1 Å². The lowest BCUT2D eigenvalue weighted by atomic mass is 9.86. The van der Waals surface area contributed by atoms with Crippen LogP contribution < -0.4 is 11.1 Å². The maximum Gasteiger partial charge on any atom is 0.188 e. The largest absolute Gasteiger partial charge is 0.370 e. The van der Waals surface area contributed by atoms with Crippen molar-refractivity contribution < 1.29 is 0 Å². The van der Waals surface area contributed by atoms with Crippen LogP contribution >= 0.6 is 24.0 Å². The van der Waals surface area contributed by atoms with Gasteiger partial charge in [0, 0.05) is 30.9 Å². The fraction of sp³-hybridized carbons (Fsp3) is 0.571. The van der Waals surface area contributed by atoms with Crippen molar-refractivity contribution in [1.82, 2.24) is 10.3 Å². The first kappa shape index (κ1) is 16.2. The van der Waals surface area contributed by atoms with Crippen molar-refractivity contribution in [3.8, 4) is 0 Å². The van der Waals surface area contributed by atoms with E-state index < -0.39 is 0 Å². The van der Waals surface area contributed by atoms with Crippen molar-refractivity contribution in [2.45, 2.75) is 32.6 Å². The lowest BCUT2D eigenvalue weighted by Gasteiger charge is -2.23. The maximum atomic E-state index is 5.81. The second kappa shape index (κ2) is 8.35. The highest BCUT2D eigenvalue weighted by Gasteiger charge is 2.16. The van der Waals surface area contributed by atoms with Crippen molar-refractivity contribution in [1.29, 1.82) is 0 Å². The van der Waals surface area contributed by atoms with Gasteiger partial charge in [-0.1, -0.05) is 12.5 Å². The summed E-state index contributed by atoms with van der Waals surface area (Å²) in [7, 11) is 0. The Morgan fingerprint density at radius 2 is 2.26 bits per heavy atom. The standard InChI is InChI=1S/C14H22N4.HI/c1-11-4-2-7-13(18-11)8-9-16-14(15)17-10-12-5-3-6-12;/h2,4,7,12H,3,5-6,8-10H2,1H3,(H3,15,16,17);1H. The van der Waals surface area contributed by atoms with Crippen LogP contribution in [-0.4, -0.2) is 24.0 Å². The highest BCUT2D eigenvalue weighted by molar-refractivity contribution is 14.0. The van der Waals surface area contributed by atoms with Crippen LogP contribution in [0.2, 0.25) is 0 Å². The third-order valence-corrected chi connectivity index (χ3v) is 3.38. The van der Waals surface area contributed by atoms with Gasteiger partial charge in [0.05, 0.1) is 0 Å². The van der Waals surface area contributed by atoms with Crippen molar-refractivity contribution in [3.63, 3.8) is 0 Å². The van der Waals surface area contributed by atoms with Gasteiger partial charge in [0.15, 0.2) is 5.96 Å². The minimum atomic E-state index is 0. The Hall–Kier alpha value is -0.850. The number of aryl methyl sites for hydroxylation is 1. The molecular weight excluding hydrogens is 351 g/mol. The zero-order chi connectivity index (χ0) is 12.8. The molecule has 106 valence electrons. The summed E-state index contributed by atoms with van der Waals surface area (Å²) in [5.41, 5.74) is 7.96. The number of aromatic nitrogens is 1. The number of guanidine groups is 1. The zero-order valence-corrected chi connectivity index (χ0v) is 13.8. The molecule has 0 aliphatic heterocycles. The van der Waals surface area contributed by atoms with Crippen molar-refractivity contribution in [3.05, 3.63) is 29.6 Å². The lowest BCUT2D eigenvalue weighted by Crippen LogP contribution is -2.34. The molecular formula is C14H23IN4. The second-order valence-corrected chi connectivity index (χ2v) is 4.97. The summed E-state index contributed by atoms with van der Waals surface area (Å²) in [6.07, 6.45) is 4.85. The molecule has 0 radical (unpaired) electrons. The fourth-order valence-corrected chi connectivity index (χ4v) is 2.02. The van der Waals surface area contributed by atoms with Crippen LogP contribution in [0.5, 0.6) is 0 Å². The van der Waals surface area contributed by atoms with E-state index in [0.29, 0.717) is 5.96 Å². The first-order valence-electron chi connectivity index (χ1n) is 6.70. The summed E-state index contributed by atoms with van der Waals surface area (Å²) >= 11 is 0. The molecule has 1 aliphatic rings. The molecule has 2 rings (SSSR count). The van der Waals surface area contributed by atoms with E-state index in [2.05, 4.69) is 15.3 Å². The first-order chi connectivity index (χ1) is 8.74. The van der Waals surface area contributed by atoms with Crippen molar-refractivity contribution in [2.24, 2.45) is 16.6 Å². The Bertz CT molecular complexity index is 416. The third-order valence-electron chi connectivity index (χ3n) is 3.38. The minimum absolute atomic E-state index is 0. The quantitative estimate of drug-likeness (QED) is 0.472. The SMILES string of the molecule is Cc1cccc(CCNC(N)=NCC2CCC2)n1.I. The van der Waals surface area contributed by atoms with Crippen LogP contribution in [0.3, 0.4) is 0 Å². The number of hydrogen-bond donors (Lipinski definition) is 2. The van der Waals surface area contributed by atoms with E-state index in [1.165, 1.54) is 19.3 Å². The van der Waals surface area contributed by atoms with E-state index in [0.717, 1.165) is 36.8 Å². The van der Waals surface area contributed by atoms with Crippen LogP contribution in [0.25, 0.3) is 0 Å². The maximum absolute atomic E-state index is 5.81. The van der Waals surface area contributed by atoms with E-state index in [-0.39, 0.29) is 24.0 Å². The smallest absolute Gasteiger partial charge is 0.188 e. The van der Waals surface area contributed by atoms with E-state index in [1.54, 1.807) is 0 Å². The third kappa shape index (κ3) is 5.76. The van der Waals surface area contributed by atoms with Gasteiger partial charge in [0.2, 0.25) is 0 Å². The molecule has 0 unspecified atom stereocenters. The van der Waals surface area contributed by atoms with Gasteiger partial charge >= 0.3 is 0 Å². The predicted molar refractivity (Wildman–Crippen MR) is 89.9 cm³/mol. The molecule has 1 heterocycles. The molecule has 0 atom stereocenters. The van der Waals surface area contributed by atoms with Crippen LogP contribution in [0, 0.1) is 12.8 Å². The van der Waals surface area contributed by atoms with Gasteiger partial charge in [-0.05, 0) is 37.8 Å². The van der Waals surface area contributed by atoms with E-state index in [9.17, 15) is 0 Å². The van der Waals surface area contributed by atoms with Gasteiger partial charge in [-0.3, -0.25) is 9.98 Å². The van der Waals surface area contributed by atoms with E-state index >= 15 is 0 Å². The van der Waals surface area contributed by atoms with Crippen LogP contribution in [0.15, 0.2) is 23.2 Å². The Morgan fingerprint density at radius 3 is 2.89 bits per heavy atom. The van der Waals surface area contributed by atoms with Gasteiger partial charge in [0.25, 0.3) is 0 Å². The van der Waals surface area contributed by atoms with E-state index in [4.69, 9.17) is 5.73 Å². The monoisotopic (exact) mass is 374 g/mol. The molecule has 5 heteroatoms. The second-order valence-electron chi connectivity index (χ2n) is 4.97. The molecule has 0 spiro atoms. The van der Waals surface area contributed by atoms with Crippen LogP contribution in [0.1, 0.15) is 30.7 Å². The average molecular weight is 374 g/mol. The summed E-state index contributed by atoms with van der Waals surface area (Å²) in [5, 5.41) is 3.14. The van der Waals surface area contributed by atoms with Crippen LogP contribution in [-0.2, 0) is 6.42 Å². The Morgan fingerprint density at radius 1 is 1.47 bits per heavy atom. The highest BCUT2D eigenvalue weighted by atomic mass is 127. The summed E-state index contributed by atoms with van der Waals surface area (Å²) in [6.45, 7) is 3.67. The van der Waals surface area contributed by atoms with Gasteiger partial charge in [-0.2, -0.15) is 0 Å². The highest BCUT2D eigenvalue weighted by Crippen LogP contribution is 2.26. The minimum Gasteiger partial charge on any atom is -0.370 e. The number of nitrogens with two attached hydrogens (primary N) is 1. The zero-order valence-electron chi connectivity index (χ0n) is 11.4. The van der Waals surface area contributed by atoms with Crippen LogP contribution in [0.4, 0.5) is 0 Å².